The van der Waals surface area contributed by atoms with E-state index in [1.165, 1.54) is 5.56 Å². The van der Waals surface area contributed by atoms with E-state index in [1.807, 2.05) is 36.4 Å². The summed E-state index contributed by atoms with van der Waals surface area (Å²) < 4.78 is 0. The van der Waals surface area contributed by atoms with Gasteiger partial charge in [0, 0.05) is 18.0 Å². The molecule has 19 heavy (non-hydrogen) atoms. The first-order valence-electron chi connectivity index (χ1n) is 5.89. The summed E-state index contributed by atoms with van der Waals surface area (Å²) in [6.45, 7) is 2.10. The van der Waals surface area contributed by atoms with Gasteiger partial charge in [-0.15, -0.1) is 17.0 Å². The number of hydrogen-bond acceptors (Lipinski definition) is 2. The Balaban J connectivity index is 0.00000180. The molecule has 0 aliphatic heterocycles. The van der Waals surface area contributed by atoms with Crippen molar-refractivity contribution < 1.29 is 4.79 Å². The summed E-state index contributed by atoms with van der Waals surface area (Å²) >= 11 is 3.43. The highest BCUT2D eigenvalue weighted by molar-refractivity contribution is 9.09. The van der Waals surface area contributed by atoms with E-state index in [-0.39, 0.29) is 27.6 Å². The van der Waals surface area contributed by atoms with Crippen LogP contribution in [0.1, 0.15) is 33.2 Å². The number of halogens is 2. The average Bonchev–Trinajstić information content (AvgIpc) is 2.47. The highest BCUT2D eigenvalue weighted by atomic mass is 79.9. The van der Waals surface area contributed by atoms with Crippen molar-refractivity contribution in [2.75, 3.05) is 0 Å². The van der Waals surface area contributed by atoms with Crippen molar-refractivity contribution in [1.29, 1.82) is 0 Å². The molecule has 2 rings (SSSR count). The Morgan fingerprint density at radius 2 is 1.95 bits per heavy atom. The number of ketones is 1. The molecule has 1 atom stereocenters. The Bertz CT molecular complexity index is 526. The first-order chi connectivity index (χ1) is 8.72. The van der Waals surface area contributed by atoms with Crippen molar-refractivity contribution in [2.24, 2.45) is 0 Å². The summed E-state index contributed by atoms with van der Waals surface area (Å²) in [5.74, 6) is 0.0608. The number of carbonyl (C=O) groups is 1. The fourth-order valence-electron chi connectivity index (χ4n) is 1.73. The third-order valence-electron chi connectivity index (χ3n) is 2.85. The maximum absolute atomic E-state index is 12.3. The molecular formula is C15H15Br2NO. The van der Waals surface area contributed by atoms with E-state index < -0.39 is 0 Å². The van der Waals surface area contributed by atoms with Crippen molar-refractivity contribution in [3.8, 4) is 0 Å². The van der Waals surface area contributed by atoms with Crippen molar-refractivity contribution in [2.45, 2.75) is 18.2 Å². The largest absolute Gasteiger partial charge is 0.293 e. The summed E-state index contributed by atoms with van der Waals surface area (Å²) in [5.41, 5.74) is 2.83. The molecule has 0 fully saturated rings. The first kappa shape index (κ1) is 16.1. The van der Waals surface area contributed by atoms with Gasteiger partial charge in [-0.05, 0) is 23.6 Å². The predicted molar refractivity (Wildman–Crippen MR) is 86.4 cm³/mol. The van der Waals surface area contributed by atoms with Crippen LogP contribution in [0.2, 0.25) is 0 Å². The number of Topliss-reactive ketones (excluding diaryl/α,β-unsaturated/α-hetero) is 1. The van der Waals surface area contributed by atoms with Gasteiger partial charge in [-0.2, -0.15) is 0 Å². The number of rotatable bonds is 4. The van der Waals surface area contributed by atoms with Gasteiger partial charge in [-0.3, -0.25) is 9.78 Å². The minimum Gasteiger partial charge on any atom is -0.293 e. The zero-order chi connectivity index (χ0) is 13.0. The molecule has 1 heterocycles. The minimum absolute atomic E-state index is 0. The van der Waals surface area contributed by atoms with E-state index in [0.717, 1.165) is 17.5 Å². The van der Waals surface area contributed by atoms with E-state index in [9.17, 15) is 4.79 Å². The van der Waals surface area contributed by atoms with Crippen molar-refractivity contribution in [3.05, 3.63) is 65.5 Å². The van der Waals surface area contributed by atoms with E-state index in [1.54, 1.807) is 12.4 Å². The lowest BCUT2D eigenvalue weighted by molar-refractivity contribution is 0.0991. The molecule has 2 aromatic rings. The van der Waals surface area contributed by atoms with Gasteiger partial charge < -0.3 is 0 Å². The Labute approximate surface area is 132 Å². The lowest BCUT2D eigenvalue weighted by Gasteiger charge is -2.09. The monoisotopic (exact) mass is 383 g/mol. The van der Waals surface area contributed by atoms with Gasteiger partial charge in [0.05, 0.1) is 0 Å². The molecule has 0 radical (unpaired) electrons. The van der Waals surface area contributed by atoms with Gasteiger partial charge in [-0.1, -0.05) is 53.2 Å². The maximum Gasteiger partial charge on any atom is 0.180 e. The number of alkyl halides is 1. The molecule has 0 aliphatic carbocycles. The van der Waals surface area contributed by atoms with Crippen LogP contribution in [0.5, 0.6) is 0 Å². The predicted octanol–water partition coefficient (Wildman–Crippen LogP) is 4.54. The average molecular weight is 385 g/mol. The van der Waals surface area contributed by atoms with E-state index in [2.05, 4.69) is 27.8 Å². The van der Waals surface area contributed by atoms with Crippen molar-refractivity contribution in [1.82, 2.24) is 4.98 Å². The number of aryl methyl sites for hydroxylation is 1. The molecule has 1 unspecified atom stereocenters. The highest BCUT2D eigenvalue weighted by Crippen LogP contribution is 2.26. The summed E-state index contributed by atoms with van der Waals surface area (Å²) in [6.07, 6.45) is 4.39. The van der Waals surface area contributed by atoms with Crippen LogP contribution in [-0.2, 0) is 6.42 Å². The van der Waals surface area contributed by atoms with Crippen LogP contribution < -0.4 is 0 Å². The fraction of sp³-hybridized carbons (Fsp3) is 0.200. The molecule has 4 heteroatoms. The standard InChI is InChI=1S/C15H14BrNO.BrH/c1-2-11-5-7-12(8-6-11)15(18)14(16)13-4-3-9-17-10-13;/h3-10,14H,2H2,1H3;1H. The summed E-state index contributed by atoms with van der Waals surface area (Å²) in [4.78, 5) is 16.0. The van der Waals surface area contributed by atoms with Crippen LogP contribution in [0.3, 0.4) is 0 Å². The van der Waals surface area contributed by atoms with Gasteiger partial charge in [0.25, 0.3) is 0 Å². The van der Waals surface area contributed by atoms with E-state index in [4.69, 9.17) is 0 Å². The molecular weight excluding hydrogens is 370 g/mol. The lowest BCUT2D eigenvalue weighted by atomic mass is 10.0. The SMILES string of the molecule is Br.CCc1ccc(C(=O)C(Br)c2cccnc2)cc1. The fourth-order valence-corrected chi connectivity index (χ4v) is 2.26. The Hall–Kier alpha value is -1.00. The van der Waals surface area contributed by atoms with Crippen LogP contribution >= 0.6 is 32.9 Å². The van der Waals surface area contributed by atoms with Crippen LogP contribution in [0, 0.1) is 0 Å². The molecule has 0 N–H and O–H groups in total. The van der Waals surface area contributed by atoms with Gasteiger partial charge in [-0.25, -0.2) is 0 Å². The van der Waals surface area contributed by atoms with Crippen LogP contribution in [0.25, 0.3) is 0 Å². The molecule has 0 saturated carbocycles. The molecule has 0 spiro atoms. The van der Waals surface area contributed by atoms with Crippen molar-refractivity contribution >= 4 is 38.7 Å². The number of pyridine rings is 1. The molecule has 0 saturated heterocycles. The second-order valence-corrected chi connectivity index (χ2v) is 4.98. The summed E-state index contributed by atoms with van der Waals surface area (Å²) in [7, 11) is 0. The molecule has 2 nitrogen and oxygen atoms in total. The maximum atomic E-state index is 12.3. The van der Waals surface area contributed by atoms with Crippen LogP contribution in [0.15, 0.2) is 48.8 Å². The van der Waals surface area contributed by atoms with Gasteiger partial charge in [0.15, 0.2) is 5.78 Å². The number of nitrogens with zero attached hydrogens (tertiary/aromatic N) is 1. The zero-order valence-corrected chi connectivity index (χ0v) is 13.8. The summed E-state index contributed by atoms with van der Waals surface area (Å²) in [5, 5.41) is 0. The molecule has 0 bridgehead atoms. The van der Waals surface area contributed by atoms with Crippen LogP contribution in [0.4, 0.5) is 0 Å². The van der Waals surface area contributed by atoms with Crippen molar-refractivity contribution in [3.63, 3.8) is 0 Å². The van der Waals surface area contributed by atoms with Gasteiger partial charge in [0.2, 0.25) is 0 Å². The first-order valence-corrected chi connectivity index (χ1v) is 6.81. The smallest absolute Gasteiger partial charge is 0.180 e. The highest BCUT2D eigenvalue weighted by Gasteiger charge is 2.18. The molecule has 0 aliphatic rings. The third kappa shape index (κ3) is 3.98. The van der Waals surface area contributed by atoms with Gasteiger partial charge in [0.1, 0.15) is 4.83 Å². The molecule has 1 aromatic carbocycles. The Morgan fingerprint density at radius 1 is 1.26 bits per heavy atom. The molecule has 100 valence electrons. The second kappa shape index (κ2) is 7.56. The van der Waals surface area contributed by atoms with E-state index in [0.29, 0.717) is 0 Å². The molecule has 1 aromatic heterocycles. The normalized spacial score (nSPS) is 11.5. The van der Waals surface area contributed by atoms with Crippen LogP contribution in [-0.4, -0.2) is 10.8 Å². The number of benzene rings is 1. The quantitative estimate of drug-likeness (QED) is 0.572. The van der Waals surface area contributed by atoms with E-state index >= 15 is 0 Å². The topological polar surface area (TPSA) is 30.0 Å². The lowest BCUT2D eigenvalue weighted by Crippen LogP contribution is -2.07. The number of aromatic nitrogens is 1. The van der Waals surface area contributed by atoms with Gasteiger partial charge >= 0.3 is 0 Å². The third-order valence-corrected chi connectivity index (χ3v) is 3.80. The summed E-state index contributed by atoms with van der Waals surface area (Å²) in [6, 6.07) is 11.5. The minimum atomic E-state index is -0.335. The number of carbonyl (C=O) groups excluding carboxylic acids is 1. The zero-order valence-electron chi connectivity index (χ0n) is 10.5. The Kier molecular flexibility index (Phi) is 6.38. The number of hydrogen-bond donors (Lipinski definition) is 0. The Morgan fingerprint density at radius 3 is 2.47 bits per heavy atom. The second-order valence-electron chi connectivity index (χ2n) is 4.06. The molecule has 0 amide bonds.